The van der Waals surface area contributed by atoms with Gasteiger partial charge in [0.05, 0.1) is 0 Å². The van der Waals surface area contributed by atoms with Crippen molar-refractivity contribution in [1.82, 2.24) is 0 Å². The Kier molecular flexibility index (Phi) is 7.82. The Balaban J connectivity index is 0. The molecule has 0 aromatic rings. The zero-order chi connectivity index (χ0) is 4.28. The summed E-state index contributed by atoms with van der Waals surface area (Å²) in [5.74, 6) is -0.745. The fourth-order valence-electron chi connectivity index (χ4n) is 0. The second-order valence-corrected chi connectivity index (χ2v) is 0.747. The lowest BCUT2D eigenvalue weighted by Crippen LogP contribution is -1.86. The van der Waals surface area contributed by atoms with Gasteiger partial charge in [-0.2, -0.15) is 0 Å². The van der Waals surface area contributed by atoms with Crippen LogP contribution < -0.4 is 0 Å². The molecule has 0 unspecified atom stereocenters. The minimum Gasteiger partial charge on any atom is -0.481 e. The van der Waals surface area contributed by atoms with Gasteiger partial charge in [0.2, 0.25) is 0 Å². The summed E-state index contributed by atoms with van der Waals surface area (Å²) in [4.78, 5) is 9.37. The maximum Gasteiger partial charge on any atom is 0.303 e. The van der Waals surface area contributed by atoms with Crippen LogP contribution >= 0.6 is 0 Å². The lowest BCUT2D eigenvalue weighted by atomic mass is 10.5. The van der Waals surface area contributed by atoms with E-state index < -0.39 is 5.97 Å². The quantitative estimate of drug-likeness (QED) is 0.446. The third kappa shape index (κ3) is 9.00. The van der Waals surface area contributed by atoms with Crippen molar-refractivity contribution in [3.63, 3.8) is 0 Å². The van der Waals surface area contributed by atoms with Gasteiger partial charge in [0.1, 0.15) is 0 Å². The molecule has 0 aliphatic rings. The van der Waals surface area contributed by atoms with Crippen LogP contribution in [0.25, 0.3) is 0 Å². The third-order valence-corrected chi connectivity index (χ3v) is 0.302. The molecule has 1 N–H and O–H groups in total. The SMILES string of the molecule is CCC(=O)O.[AlH3]. The molecule has 0 aromatic heterocycles. The van der Waals surface area contributed by atoms with E-state index in [9.17, 15) is 4.79 Å². The van der Waals surface area contributed by atoms with Crippen molar-refractivity contribution < 1.29 is 9.90 Å². The first kappa shape index (κ1) is 9.38. The topological polar surface area (TPSA) is 37.3 Å². The zero-order valence-electron chi connectivity index (χ0n) is 3.06. The second kappa shape index (κ2) is 5.00. The highest BCUT2D eigenvalue weighted by Gasteiger charge is 1.80. The molecule has 0 fully saturated rings. The molecular formula is C3H9AlO2. The van der Waals surface area contributed by atoms with Gasteiger partial charge in [-0.05, 0) is 0 Å². The Morgan fingerprint density at radius 3 is 2.00 bits per heavy atom. The van der Waals surface area contributed by atoms with Gasteiger partial charge in [-0.3, -0.25) is 4.79 Å². The number of aliphatic carboxylic acids is 1. The van der Waals surface area contributed by atoms with Crippen LogP contribution in [0.1, 0.15) is 13.3 Å². The summed E-state index contributed by atoms with van der Waals surface area (Å²) >= 11 is 0. The number of carbonyl (C=O) groups is 1. The highest BCUT2D eigenvalue weighted by atomic mass is 27.0. The van der Waals surface area contributed by atoms with Crippen molar-refractivity contribution in [2.24, 2.45) is 0 Å². The Labute approximate surface area is 47.3 Å². The first-order valence-corrected chi connectivity index (χ1v) is 1.49. The third-order valence-electron chi connectivity index (χ3n) is 0.302. The summed E-state index contributed by atoms with van der Waals surface area (Å²) in [6, 6.07) is 0. The Hall–Kier alpha value is 0.00247. The van der Waals surface area contributed by atoms with E-state index in [1.165, 1.54) is 0 Å². The highest BCUT2D eigenvalue weighted by molar-refractivity contribution is 5.75. The number of carboxylic acid groups (broad SMARTS) is 1. The minimum absolute atomic E-state index is 0. The Bertz CT molecular complexity index is 44.1. The Morgan fingerprint density at radius 2 is 2.00 bits per heavy atom. The molecule has 0 heterocycles. The van der Waals surface area contributed by atoms with E-state index in [1.54, 1.807) is 6.92 Å². The van der Waals surface area contributed by atoms with Gasteiger partial charge < -0.3 is 5.11 Å². The molecule has 0 atom stereocenters. The summed E-state index contributed by atoms with van der Waals surface area (Å²) in [5, 5.41) is 7.72. The predicted molar refractivity (Wildman–Crippen MR) is 27.9 cm³/mol. The van der Waals surface area contributed by atoms with Gasteiger partial charge in [-0.1, -0.05) is 6.92 Å². The molecule has 0 saturated carbocycles. The van der Waals surface area contributed by atoms with Crippen LogP contribution in [0, 0.1) is 0 Å². The number of hydrogen-bond acceptors (Lipinski definition) is 1. The predicted octanol–water partition coefficient (Wildman–Crippen LogP) is -0.703. The summed E-state index contributed by atoms with van der Waals surface area (Å²) in [7, 11) is 0. The van der Waals surface area contributed by atoms with Crippen LogP contribution in [-0.4, -0.2) is 28.4 Å². The molecule has 0 saturated heterocycles. The molecule has 0 aromatic carbocycles. The molecule has 0 spiro atoms. The molecule has 0 radical (unpaired) electrons. The van der Waals surface area contributed by atoms with Crippen LogP contribution in [-0.2, 0) is 4.79 Å². The fraction of sp³-hybridized carbons (Fsp3) is 0.667. The molecule has 36 valence electrons. The maximum atomic E-state index is 9.37. The van der Waals surface area contributed by atoms with Crippen LogP contribution in [0.5, 0.6) is 0 Å². The average molecular weight is 104 g/mol. The minimum atomic E-state index is -0.745. The standard InChI is InChI=1S/C3H6O2.Al.3H/c1-2-3(4)5;;;;/h2H2,1H3,(H,4,5);;;;. The van der Waals surface area contributed by atoms with E-state index >= 15 is 0 Å². The smallest absolute Gasteiger partial charge is 0.303 e. The van der Waals surface area contributed by atoms with Crippen LogP contribution in [0.3, 0.4) is 0 Å². The highest BCUT2D eigenvalue weighted by Crippen LogP contribution is 1.67. The van der Waals surface area contributed by atoms with Gasteiger partial charge in [-0.15, -0.1) is 0 Å². The van der Waals surface area contributed by atoms with Gasteiger partial charge in [0, 0.05) is 6.42 Å². The van der Waals surface area contributed by atoms with E-state index in [1.807, 2.05) is 0 Å². The summed E-state index contributed by atoms with van der Waals surface area (Å²) < 4.78 is 0. The summed E-state index contributed by atoms with van der Waals surface area (Å²) in [6.45, 7) is 1.60. The van der Waals surface area contributed by atoms with E-state index in [0.717, 1.165) is 0 Å². The molecule has 0 aliphatic heterocycles. The lowest BCUT2D eigenvalue weighted by Gasteiger charge is -1.71. The lowest BCUT2D eigenvalue weighted by molar-refractivity contribution is -0.136. The normalized spacial score (nSPS) is 6.17. The van der Waals surface area contributed by atoms with Crippen molar-refractivity contribution >= 4 is 23.3 Å². The summed E-state index contributed by atoms with van der Waals surface area (Å²) in [5.41, 5.74) is 0. The van der Waals surface area contributed by atoms with Crippen LogP contribution in [0.2, 0.25) is 0 Å². The van der Waals surface area contributed by atoms with Crippen LogP contribution in [0.4, 0.5) is 0 Å². The van der Waals surface area contributed by atoms with E-state index in [4.69, 9.17) is 5.11 Å². The fourth-order valence-corrected chi connectivity index (χ4v) is 0. The van der Waals surface area contributed by atoms with Gasteiger partial charge in [0.15, 0.2) is 17.4 Å². The molecule has 0 rings (SSSR count). The molecular weight excluding hydrogens is 95.0 g/mol. The van der Waals surface area contributed by atoms with Gasteiger partial charge in [-0.25, -0.2) is 0 Å². The van der Waals surface area contributed by atoms with Crippen LogP contribution in [0.15, 0.2) is 0 Å². The van der Waals surface area contributed by atoms with Crippen molar-refractivity contribution in [2.45, 2.75) is 13.3 Å². The first-order chi connectivity index (χ1) is 2.27. The second-order valence-electron chi connectivity index (χ2n) is 0.747. The maximum absolute atomic E-state index is 9.37. The zero-order valence-corrected chi connectivity index (χ0v) is 3.06. The molecule has 0 bridgehead atoms. The molecule has 0 aliphatic carbocycles. The average Bonchev–Trinajstić information content (AvgIpc) is 1.38. The summed E-state index contributed by atoms with van der Waals surface area (Å²) in [6.07, 6.45) is 0.222. The number of hydrogen-bond donors (Lipinski definition) is 1. The largest absolute Gasteiger partial charge is 0.481 e. The van der Waals surface area contributed by atoms with Crippen molar-refractivity contribution in [3.05, 3.63) is 0 Å². The van der Waals surface area contributed by atoms with E-state index in [2.05, 4.69) is 0 Å². The monoisotopic (exact) mass is 104 g/mol. The number of rotatable bonds is 1. The van der Waals surface area contributed by atoms with Crippen molar-refractivity contribution in [1.29, 1.82) is 0 Å². The van der Waals surface area contributed by atoms with Gasteiger partial charge >= 0.3 is 5.97 Å². The van der Waals surface area contributed by atoms with Crippen molar-refractivity contribution in [3.8, 4) is 0 Å². The van der Waals surface area contributed by atoms with Gasteiger partial charge in [0.25, 0.3) is 0 Å². The van der Waals surface area contributed by atoms with E-state index in [-0.39, 0.29) is 23.8 Å². The molecule has 0 amide bonds. The molecule has 2 nitrogen and oxygen atoms in total. The van der Waals surface area contributed by atoms with Crippen molar-refractivity contribution in [2.75, 3.05) is 0 Å². The Morgan fingerprint density at radius 1 is 1.83 bits per heavy atom. The number of carboxylic acids is 1. The first-order valence-electron chi connectivity index (χ1n) is 1.49. The molecule has 3 heteroatoms. The molecule has 6 heavy (non-hydrogen) atoms. The van der Waals surface area contributed by atoms with E-state index in [0.29, 0.717) is 0 Å².